The molecule has 2 aromatic heterocycles. The Hall–Kier alpha value is -3.10. The summed E-state index contributed by atoms with van der Waals surface area (Å²) in [4.78, 5) is 33.4. The number of thioether (sulfide) groups is 1. The molecule has 7 nitrogen and oxygen atoms in total. The molecule has 4 aromatic rings. The van der Waals surface area contributed by atoms with Crippen molar-refractivity contribution in [2.45, 2.75) is 31.0 Å². The van der Waals surface area contributed by atoms with Crippen LogP contribution in [0, 0.1) is 0 Å². The molecule has 1 unspecified atom stereocenters. The summed E-state index contributed by atoms with van der Waals surface area (Å²) in [5.41, 5.74) is 2.12. The SMILES string of the molecule is CC(CCc1ccccc1)NC(=O)CSc1nc(-c2cccc(Cl)c2)nc2cc(=O)[nH]n12. The number of aromatic amines is 1. The lowest BCUT2D eigenvalue weighted by Gasteiger charge is -2.14. The van der Waals surface area contributed by atoms with Crippen molar-refractivity contribution in [2.24, 2.45) is 0 Å². The highest BCUT2D eigenvalue weighted by Crippen LogP contribution is 2.23. The Morgan fingerprint density at radius 3 is 2.75 bits per heavy atom. The van der Waals surface area contributed by atoms with Gasteiger partial charge in [-0.05, 0) is 37.5 Å². The molecule has 0 radical (unpaired) electrons. The monoisotopic (exact) mass is 467 g/mol. The number of nitrogens with zero attached hydrogens (tertiary/aromatic N) is 3. The normalized spacial score (nSPS) is 12.1. The predicted octanol–water partition coefficient (Wildman–Crippen LogP) is 3.97. The quantitative estimate of drug-likeness (QED) is 0.382. The molecule has 1 amide bonds. The van der Waals surface area contributed by atoms with E-state index in [1.807, 2.05) is 37.3 Å². The predicted molar refractivity (Wildman–Crippen MR) is 127 cm³/mol. The molecular weight excluding hydrogens is 446 g/mol. The van der Waals surface area contributed by atoms with Crippen molar-refractivity contribution in [3.8, 4) is 11.4 Å². The molecule has 0 saturated heterocycles. The maximum absolute atomic E-state index is 12.5. The van der Waals surface area contributed by atoms with Crippen LogP contribution in [-0.4, -0.2) is 37.3 Å². The van der Waals surface area contributed by atoms with Crippen LogP contribution in [0.15, 0.2) is 70.6 Å². The van der Waals surface area contributed by atoms with E-state index in [4.69, 9.17) is 11.6 Å². The van der Waals surface area contributed by atoms with Crippen LogP contribution in [0.5, 0.6) is 0 Å². The van der Waals surface area contributed by atoms with Crippen LogP contribution in [0.3, 0.4) is 0 Å². The number of halogens is 1. The molecule has 1 atom stereocenters. The minimum absolute atomic E-state index is 0.0436. The number of aryl methyl sites for hydroxylation is 1. The zero-order valence-corrected chi connectivity index (χ0v) is 19.0. The molecule has 0 aliphatic carbocycles. The molecule has 32 heavy (non-hydrogen) atoms. The Morgan fingerprint density at radius 1 is 1.16 bits per heavy atom. The van der Waals surface area contributed by atoms with Crippen molar-refractivity contribution >= 4 is 34.9 Å². The fourth-order valence-electron chi connectivity index (χ4n) is 3.28. The highest BCUT2D eigenvalue weighted by atomic mass is 35.5. The first-order valence-electron chi connectivity index (χ1n) is 10.2. The number of fused-ring (bicyclic) bond motifs is 1. The summed E-state index contributed by atoms with van der Waals surface area (Å²) < 4.78 is 1.49. The van der Waals surface area contributed by atoms with Gasteiger partial charge in [0.05, 0.1) is 5.75 Å². The summed E-state index contributed by atoms with van der Waals surface area (Å²) in [7, 11) is 0. The van der Waals surface area contributed by atoms with Gasteiger partial charge >= 0.3 is 0 Å². The van der Waals surface area contributed by atoms with Gasteiger partial charge in [-0.2, -0.15) is 0 Å². The summed E-state index contributed by atoms with van der Waals surface area (Å²) in [5.74, 6) is 0.503. The van der Waals surface area contributed by atoms with E-state index in [1.54, 1.807) is 12.1 Å². The number of amides is 1. The van der Waals surface area contributed by atoms with Crippen molar-refractivity contribution in [2.75, 3.05) is 5.75 Å². The smallest absolute Gasteiger partial charge is 0.266 e. The fraction of sp³-hybridized carbons (Fsp3) is 0.217. The second kappa shape index (κ2) is 10.0. The topological polar surface area (TPSA) is 92.2 Å². The second-order valence-corrected chi connectivity index (χ2v) is 8.81. The number of nitrogens with one attached hydrogen (secondary N) is 2. The van der Waals surface area contributed by atoms with Crippen molar-refractivity contribution in [3.63, 3.8) is 0 Å². The van der Waals surface area contributed by atoms with E-state index in [0.29, 0.717) is 21.7 Å². The van der Waals surface area contributed by atoms with Gasteiger partial charge in [-0.15, -0.1) is 0 Å². The van der Waals surface area contributed by atoms with Gasteiger partial charge in [0.1, 0.15) is 0 Å². The fourth-order valence-corrected chi connectivity index (χ4v) is 4.24. The molecule has 2 heterocycles. The third-order valence-electron chi connectivity index (χ3n) is 4.86. The van der Waals surface area contributed by atoms with Gasteiger partial charge in [0, 0.05) is 22.7 Å². The minimum atomic E-state index is -0.289. The Labute approximate surface area is 194 Å². The number of hydrogen-bond acceptors (Lipinski definition) is 5. The van der Waals surface area contributed by atoms with Crippen molar-refractivity contribution in [1.29, 1.82) is 0 Å². The maximum atomic E-state index is 12.5. The lowest BCUT2D eigenvalue weighted by Crippen LogP contribution is -2.34. The van der Waals surface area contributed by atoms with Crippen LogP contribution >= 0.6 is 23.4 Å². The van der Waals surface area contributed by atoms with Gasteiger partial charge in [0.25, 0.3) is 5.56 Å². The summed E-state index contributed by atoms with van der Waals surface area (Å²) in [6, 6.07) is 18.8. The number of carbonyl (C=O) groups is 1. The molecule has 0 aliphatic heterocycles. The summed E-state index contributed by atoms with van der Waals surface area (Å²) in [5, 5.41) is 6.74. The van der Waals surface area contributed by atoms with E-state index in [2.05, 4.69) is 32.5 Å². The summed E-state index contributed by atoms with van der Waals surface area (Å²) in [6.07, 6.45) is 1.75. The minimum Gasteiger partial charge on any atom is -0.353 e. The third kappa shape index (κ3) is 5.57. The van der Waals surface area contributed by atoms with Gasteiger partial charge in [0.2, 0.25) is 5.91 Å². The van der Waals surface area contributed by atoms with E-state index < -0.39 is 0 Å². The van der Waals surface area contributed by atoms with E-state index in [-0.39, 0.29) is 23.3 Å². The molecule has 9 heteroatoms. The van der Waals surface area contributed by atoms with Crippen molar-refractivity contribution in [3.05, 3.63) is 81.6 Å². The lowest BCUT2D eigenvalue weighted by atomic mass is 10.1. The van der Waals surface area contributed by atoms with Crippen LogP contribution in [0.2, 0.25) is 5.02 Å². The molecule has 2 N–H and O–H groups in total. The largest absolute Gasteiger partial charge is 0.353 e. The van der Waals surface area contributed by atoms with Gasteiger partial charge in [-0.25, -0.2) is 14.5 Å². The molecule has 0 bridgehead atoms. The average molecular weight is 468 g/mol. The van der Waals surface area contributed by atoms with Gasteiger partial charge in [0.15, 0.2) is 16.6 Å². The Balaban J connectivity index is 1.44. The van der Waals surface area contributed by atoms with Crippen LogP contribution in [0.25, 0.3) is 17.0 Å². The van der Waals surface area contributed by atoms with E-state index >= 15 is 0 Å². The Bertz CT molecular complexity index is 1290. The van der Waals surface area contributed by atoms with Gasteiger partial charge in [-0.1, -0.05) is 65.8 Å². The Kier molecular flexibility index (Phi) is 6.92. The molecule has 4 rings (SSSR count). The summed E-state index contributed by atoms with van der Waals surface area (Å²) >= 11 is 7.34. The standard InChI is InChI=1S/C23H22ClN5O2S/c1-15(10-11-16-6-3-2-4-7-16)25-21(31)14-32-23-27-22(17-8-5-9-18(24)12-17)26-19-13-20(30)28-29(19)23/h2-9,12-13,15H,10-11,14H2,1H3,(H,25,31)(H,28,30). The van der Waals surface area contributed by atoms with E-state index in [1.165, 1.54) is 27.9 Å². The molecule has 0 spiro atoms. The van der Waals surface area contributed by atoms with Crippen molar-refractivity contribution in [1.82, 2.24) is 24.9 Å². The van der Waals surface area contributed by atoms with Crippen LogP contribution < -0.4 is 10.9 Å². The zero-order valence-electron chi connectivity index (χ0n) is 17.4. The van der Waals surface area contributed by atoms with Crippen LogP contribution in [0.4, 0.5) is 0 Å². The zero-order chi connectivity index (χ0) is 22.5. The molecule has 164 valence electrons. The van der Waals surface area contributed by atoms with Crippen LogP contribution in [-0.2, 0) is 11.2 Å². The number of rotatable bonds is 8. The van der Waals surface area contributed by atoms with Gasteiger partial charge in [-0.3, -0.25) is 14.7 Å². The number of H-pyrrole nitrogens is 1. The summed E-state index contributed by atoms with van der Waals surface area (Å²) in [6.45, 7) is 2.00. The van der Waals surface area contributed by atoms with E-state index in [9.17, 15) is 9.59 Å². The first-order chi connectivity index (χ1) is 15.5. The first-order valence-corrected chi connectivity index (χ1v) is 11.6. The average Bonchev–Trinajstić information content (AvgIpc) is 3.17. The second-order valence-electron chi connectivity index (χ2n) is 7.44. The molecule has 0 fully saturated rings. The number of carbonyl (C=O) groups excluding carboxylic acids is 1. The Morgan fingerprint density at radius 2 is 1.97 bits per heavy atom. The molecule has 0 aliphatic rings. The van der Waals surface area contributed by atoms with Crippen LogP contribution in [0.1, 0.15) is 18.9 Å². The molecule has 0 saturated carbocycles. The lowest BCUT2D eigenvalue weighted by molar-refractivity contribution is -0.119. The highest BCUT2D eigenvalue weighted by Gasteiger charge is 2.14. The van der Waals surface area contributed by atoms with Gasteiger partial charge < -0.3 is 5.32 Å². The number of aromatic nitrogens is 4. The van der Waals surface area contributed by atoms with E-state index in [0.717, 1.165) is 18.4 Å². The first kappa shape index (κ1) is 22.1. The molecule has 2 aromatic carbocycles. The third-order valence-corrected chi connectivity index (χ3v) is 6.03. The highest BCUT2D eigenvalue weighted by molar-refractivity contribution is 7.99. The maximum Gasteiger partial charge on any atom is 0.266 e. The number of hydrogen-bond donors (Lipinski definition) is 2. The number of benzene rings is 2. The molecular formula is C23H22ClN5O2S. The van der Waals surface area contributed by atoms with Crippen molar-refractivity contribution < 1.29 is 4.79 Å².